The van der Waals surface area contributed by atoms with E-state index in [1.165, 1.54) is 36.5 Å². The molecule has 1 N–H and O–H groups in total. The summed E-state index contributed by atoms with van der Waals surface area (Å²) in [7, 11) is 0. The van der Waals surface area contributed by atoms with Crippen LogP contribution in [0.2, 0.25) is 0 Å². The quantitative estimate of drug-likeness (QED) is 0.787. The summed E-state index contributed by atoms with van der Waals surface area (Å²) in [5, 5.41) is 0. The Morgan fingerprint density at radius 3 is 2.80 bits per heavy atom. The fourth-order valence-corrected chi connectivity index (χ4v) is 2.23. The molecule has 1 aliphatic rings. The lowest BCUT2D eigenvalue weighted by atomic mass is 9.89. The lowest BCUT2D eigenvalue weighted by Crippen LogP contribution is -2.17. The largest absolute Gasteiger partial charge is 0.345 e. The number of aromatic nitrogens is 2. The van der Waals surface area contributed by atoms with Gasteiger partial charge in [0, 0.05) is 17.0 Å². The van der Waals surface area contributed by atoms with Gasteiger partial charge in [-0.2, -0.15) is 0 Å². The van der Waals surface area contributed by atoms with Crippen molar-refractivity contribution in [2.75, 3.05) is 0 Å². The second-order valence-electron chi connectivity index (χ2n) is 5.48. The van der Waals surface area contributed by atoms with Crippen molar-refractivity contribution < 1.29 is 0 Å². The molecule has 2 heteroatoms. The number of H-pyrrole nitrogens is 1. The Bertz CT molecular complexity index is 349. The smallest absolute Gasteiger partial charge is 0.112 e. The Labute approximate surface area is 92.5 Å². The lowest BCUT2D eigenvalue weighted by Gasteiger charge is -2.19. The van der Waals surface area contributed by atoms with Crippen LogP contribution in [0.1, 0.15) is 70.1 Å². The molecule has 84 valence electrons. The summed E-state index contributed by atoms with van der Waals surface area (Å²) in [5.74, 6) is 1.83. The highest BCUT2D eigenvalue weighted by Crippen LogP contribution is 2.33. The van der Waals surface area contributed by atoms with Crippen molar-refractivity contribution >= 4 is 0 Å². The van der Waals surface area contributed by atoms with Gasteiger partial charge in [-0.3, -0.25) is 0 Å². The molecule has 0 aliphatic heterocycles. The zero-order valence-corrected chi connectivity index (χ0v) is 10.4. The van der Waals surface area contributed by atoms with Gasteiger partial charge in [0.1, 0.15) is 5.82 Å². The highest BCUT2D eigenvalue weighted by Gasteiger charge is 2.27. The van der Waals surface area contributed by atoms with Crippen molar-refractivity contribution in [3.05, 3.63) is 17.2 Å². The highest BCUT2D eigenvalue weighted by atomic mass is 15.0. The van der Waals surface area contributed by atoms with Crippen molar-refractivity contribution in [1.29, 1.82) is 0 Å². The van der Waals surface area contributed by atoms with Crippen LogP contribution in [-0.2, 0) is 11.8 Å². The average molecular weight is 206 g/mol. The van der Waals surface area contributed by atoms with E-state index >= 15 is 0 Å². The average Bonchev–Trinajstić information content (AvgIpc) is 2.64. The van der Waals surface area contributed by atoms with Crippen LogP contribution in [0.3, 0.4) is 0 Å². The normalized spacial score (nSPS) is 21.5. The Morgan fingerprint density at radius 2 is 2.20 bits per heavy atom. The predicted octanol–water partition coefficient (Wildman–Crippen LogP) is 3.54. The zero-order valence-electron chi connectivity index (χ0n) is 10.4. The van der Waals surface area contributed by atoms with E-state index in [0.29, 0.717) is 5.92 Å². The van der Waals surface area contributed by atoms with Gasteiger partial charge in [0.2, 0.25) is 0 Å². The standard InChI is InChI=1S/C13H22N2/c1-5-13(3,4)12-14-10-8-6-7-9(2)11(10)15-12/h9H,5-8H2,1-4H3,(H,14,15). The Kier molecular flexibility index (Phi) is 2.61. The number of hydrogen-bond acceptors (Lipinski definition) is 1. The molecule has 0 fully saturated rings. The first-order valence-corrected chi connectivity index (χ1v) is 6.14. The molecule has 1 aromatic rings. The first-order valence-electron chi connectivity index (χ1n) is 6.14. The molecule has 1 aliphatic carbocycles. The van der Waals surface area contributed by atoms with E-state index in [4.69, 9.17) is 4.98 Å². The van der Waals surface area contributed by atoms with Crippen LogP contribution < -0.4 is 0 Å². The molecular formula is C13H22N2. The number of hydrogen-bond donors (Lipinski definition) is 1. The minimum Gasteiger partial charge on any atom is -0.345 e. The molecule has 1 aromatic heterocycles. The number of aromatic amines is 1. The SMILES string of the molecule is CCC(C)(C)c1nc2c([nH]1)CCCC2C. The van der Waals surface area contributed by atoms with Crippen molar-refractivity contribution in [2.45, 2.75) is 64.7 Å². The number of aryl methyl sites for hydroxylation is 1. The summed E-state index contributed by atoms with van der Waals surface area (Å²) >= 11 is 0. The number of imidazole rings is 1. The van der Waals surface area contributed by atoms with E-state index in [1.54, 1.807) is 0 Å². The van der Waals surface area contributed by atoms with Crippen molar-refractivity contribution in [3.63, 3.8) is 0 Å². The molecule has 1 atom stereocenters. The molecular weight excluding hydrogens is 184 g/mol. The molecule has 1 heterocycles. The van der Waals surface area contributed by atoms with Crippen molar-refractivity contribution in [2.24, 2.45) is 0 Å². The maximum absolute atomic E-state index is 4.82. The van der Waals surface area contributed by atoms with Crippen LogP contribution in [0.25, 0.3) is 0 Å². The van der Waals surface area contributed by atoms with Gasteiger partial charge in [0.15, 0.2) is 0 Å². The van der Waals surface area contributed by atoms with Crippen molar-refractivity contribution in [3.8, 4) is 0 Å². The lowest BCUT2D eigenvalue weighted by molar-refractivity contribution is 0.476. The molecule has 0 aromatic carbocycles. The molecule has 0 saturated heterocycles. The van der Waals surface area contributed by atoms with Gasteiger partial charge in [-0.05, 0) is 25.7 Å². The Balaban J connectivity index is 2.37. The van der Waals surface area contributed by atoms with Crippen LogP contribution in [0, 0.1) is 0 Å². The zero-order chi connectivity index (χ0) is 11.1. The minimum atomic E-state index is 0.192. The fraction of sp³-hybridized carbons (Fsp3) is 0.769. The number of nitrogens with zero attached hydrogens (tertiary/aromatic N) is 1. The molecule has 0 radical (unpaired) electrons. The summed E-state index contributed by atoms with van der Waals surface area (Å²) in [6, 6.07) is 0. The van der Waals surface area contributed by atoms with Gasteiger partial charge in [-0.25, -0.2) is 4.98 Å². The van der Waals surface area contributed by atoms with E-state index in [-0.39, 0.29) is 5.41 Å². The van der Waals surface area contributed by atoms with Gasteiger partial charge in [-0.1, -0.05) is 27.7 Å². The molecule has 0 bridgehead atoms. The van der Waals surface area contributed by atoms with Gasteiger partial charge in [0.05, 0.1) is 5.69 Å². The van der Waals surface area contributed by atoms with E-state index in [2.05, 4.69) is 32.7 Å². The number of nitrogens with one attached hydrogen (secondary N) is 1. The first-order chi connectivity index (χ1) is 7.04. The van der Waals surface area contributed by atoms with Crippen molar-refractivity contribution in [1.82, 2.24) is 9.97 Å². The summed E-state index contributed by atoms with van der Waals surface area (Å²) in [4.78, 5) is 8.36. The van der Waals surface area contributed by atoms with E-state index in [9.17, 15) is 0 Å². The molecule has 0 saturated carbocycles. The third-order valence-corrected chi connectivity index (χ3v) is 3.87. The third-order valence-electron chi connectivity index (χ3n) is 3.87. The maximum atomic E-state index is 4.82. The second-order valence-corrected chi connectivity index (χ2v) is 5.48. The monoisotopic (exact) mass is 206 g/mol. The first kappa shape index (κ1) is 10.7. The van der Waals surface area contributed by atoms with Crippen LogP contribution >= 0.6 is 0 Å². The summed E-state index contributed by atoms with van der Waals surface area (Å²) in [6.07, 6.45) is 4.92. The predicted molar refractivity (Wildman–Crippen MR) is 63.3 cm³/mol. The fourth-order valence-electron chi connectivity index (χ4n) is 2.23. The topological polar surface area (TPSA) is 28.7 Å². The Morgan fingerprint density at radius 1 is 1.47 bits per heavy atom. The van der Waals surface area contributed by atoms with Gasteiger partial charge in [-0.15, -0.1) is 0 Å². The molecule has 0 amide bonds. The summed E-state index contributed by atoms with van der Waals surface area (Å²) < 4.78 is 0. The van der Waals surface area contributed by atoms with E-state index in [0.717, 1.165) is 6.42 Å². The third kappa shape index (κ3) is 1.82. The van der Waals surface area contributed by atoms with Gasteiger partial charge >= 0.3 is 0 Å². The molecule has 0 spiro atoms. The maximum Gasteiger partial charge on any atom is 0.112 e. The minimum absolute atomic E-state index is 0.192. The molecule has 15 heavy (non-hydrogen) atoms. The van der Waals surface area contributed by atoms with E-state index < -0.39 is 0 Å². The van der Waals surface area contributed by atoms with Gasteiger partial charge < -0.3 is 4.98 Å². The summed E-state index contributed by atoms with van der Waals surface area (Å²) in [6.45, 7) is 9.05. The Hall–Kier alpha value is -0.790. The highest BCUT2D eigenvalue weighted by molar-refractivity contribution is 5.24. The van der Waals surface area contributed by atoms with Crippen LogP contribution in [0.15, 0.2) is 0 Å². The second kappa shape index (κ2) is 3.66. The van der Waals surface area contributed by atoms with Gasteiger partial charge in [0.25, 0.3) is 0 Å². The number of rotatable bonds is 2. The molecule has 1 unspecified atom stereocenters. The van der Waals surface area contributed by atoms with Crippen LogP contribution in [0.5, 0.6) is 0 Å². The summed E-state index contributed by atoms with van der Waals surface area (Å²) in [5.41, 5.74) is 2.92. The molecule has 2 rings (SSSR count). The molecule has 2 nitrogen and oxygen atoms in total. The van der Waals surface area contributed by atoms with Crippen LogP contribution in [-0.4, -0.2) is 9.97 Å². The number of fused-ring (bicyclic) bond motifs is 1. The van der Waals surface area contributed by atoms with E-state index in [1.807, 2.05) is 0 Å². The van der Waals surface area contributed by atoms with Crippen LogP contribution in [0.4, 0.5) is 0 Å².